The molecule has 0 aromatic heterocycles. The van der Waals surface area contributed by atoms with Gasteiger partial charge in [-0.05, 0) is 73.3 Å². The Labute approximate surface area is 173 Å². The molecule has 1 heterocycles. The van der Waals surface area contributed by atoms with E-state index in [-0.39, 0.29) is 6.04 Å². The predicted molar refractivity (Wildman–Crippen MR) is 121 cm³/mol. The average Bonchev–Trinajstić information content (AvgIpc) is 2.70. The Morgan fingerprint density at radius 2 is 1.93 bits per heavy atom. The number of benzene rings is 2. The van der Waals surface area contributed by atoms with E-state index >= 15 is 0 Å². The number of rotatable bonds is 5. The van der Waals surface area contributed by atoms with Crippen LogP contribution in [0.1, 0.15) is 43.9 Å². The summed E-state index contributed by atoms with van der Waals surface area (Å²) < 4.78 is 0. The lowest BCUT2D eigenvalue weighted by Gasteiger charge is -2.33. The highest BCUT2D eigenvalue weighted by molar-refractivity contribution is 7.80. The topological polar surface area (TPSA) is 51.1 Å². The van der Waals surface area contributed by atoms with E-state index < -0.39 is 0 Å². The van der Waals surface area contributed by atoms with Gasteiger partial charge in [-0.15, -0.1) is 0 Å². The van der Waals surface area contributed by atoms with Crippen molar-refractivity contribution in [3.05, 3.63) is 59.7 Å². The summed E-state index contributed by atoms with van der Waals surface area (Å²) in [6, 6.07) is 18.9. The summed E-state index contributed by atoms with van der Waals surface area (Å²) in [6.45, 7) is 6.74. The van der Waals surface area contributed by atoms with Crippen LogP contribution in [0.15, 0.2) is 48.5 Å². The molecule has 0 saturated carbocycles. The second kappa shape index (κ2) is 9.57. The van der Waals surface area contributed by atoms with E-state index in [9.17, 15) is 0 Å². The van der Waals surface area contributed by atoms with Gasteiger partial charge in [-0.2, -0.15) is 5.26 Å². The van der Waals surface area contributed by atoms with E-state index in [2.05, 4.69) is 59.7 Å². The molecule has 2 aromatic carbocycles. The second-order valence-electron chi connectivity index (χ2n) is 7.64. The predicted octanol–water partition coefficient (Wildman–Crippen LogP) is 5.04. The third-order valence-corrected chi connectivity index (χ3v) is 5.48. The highest BCUT2D eigenvalue weighted by atomic mass is 32.1. The lowest BCUT2D eigenvalue weighted by atomic mass is 9.99. The maximum absolute atomic E-state index is 8.75. The summed E-state index contributed by atoms with van der Waals surface area (Å²) in [5, 5.41) is 15.9. The first-order valence-electron chi connectivity index (χ1n) is 9.93. The van der Waals surface area contributed by atoms with Crippen molar-refractivity contribution in [2.75, 3.05) is 23.3 Å². The van der Waals surface area contributed by atoms with Crippen molar-refractivity contribution in [2.24, 2.45) is 5.92 Å². The zero-order valence-corrected chi connectivity index (χ0v) is 17.4. The molecule has 4 nitrogen and oxygen atoms in total. The fourth-order valence-corrected chi connectivity index (χ4v) is 3.94. The molecule has 0 spiro atoms. The van der Waals surface area contributed by atoms with Crippen LogP contribution >= 0.6 is 12.2 Å². The van der Waals surface area contributed by atoms with E-state index in [1.807, 2.05) is 24.3 Å². The van der Waals surface area contributed by atoms with Crippen molar-refractivity contribution in [3.8, 4) is 6.07 Å². The zero-order valence-electron chi connectivity index (χ0n) is 16.6. The standard InChI is InChI=1S/C23H28N4S/c1-17-4-3-15-27(16-17)22-11-7-20(8-12-22)18(2)25-23(28)26-21-9-5-19(6-10-21)13-14-24/h5-12,17-18H,3-4,13,15-16H2,1-2H3,(H2,25,26,28)/t17-,18-/m1/s1. The molecule has 0 unspecified atom stereocenters. The normalized spacial score (nSPS) is 17.5. The van der Waals surface area contributed by atoms with Crippen LogP contribution < -0.4 is 15.5 Å². The largest absolute Gasteiger partial charge is 0.371 e. The first-order valence-corrected chi connectivity index (χ1v) is 10.3. The second-order valence-corrected chi connectivity index (χ2v) is 8.05. The van der Waals surface area contributed by atoms with Crippen LogP contribution in [0.25, 0.3) is 0 Å². The van der Waals surface area contributed by atoms with E-state index in [0.29, 0.717) is 11.5 Å². The lowest BCUT2D eigenvalue weighted by molar-refractivity contribution is 0.447. The molecule has 0 amide bonds. The van der Waals surface area contributed by atoms with Gasteiger partial charge in [0, 0.05) is 24.5 Å². The van der Waals surface area contributed by atoms with E-state index in [1.165, 1.54) is 24.1 Å². The van der Waals surface area contributed by atoms with Crippen LogP contribution in [0.4, 0.5) is 11.4 Å². The van der Waals surface area contributed by atoms with Gasteiger partial charge in [0.2, 0.25) is 0 Å². The molecule has 146 valence electrons. The molecule has 0 bridgehead atoms. The molecule has 5 heteroatoms. The number of nitrogens with one attached hydrogen (secondary N) is 2. The minimum absolute atomic E-state index is 0.118. The monoisotopic (exact) mass is 392 g/mol. The molecule has 2 N–H and O–H groups in total. The van der Waals surface area contributed by atoms with Crippen LogP contribution in [0, 0.1) is 17.2 Å². The quantitative estimate of drug-likeness (QED) is 0.699. The van der Waals surface area contributed by atoms with Crippen molar-refractivity contribution in [3.63, 3.8) is 0 Å². The Balaban J connectivity index is 1.54. The molecule has 1 aliphatic heterocycles. The molecule has 2 aromatic rings. The van der Waals surface area contributed by atoms with Gasteiger partial charge >= 0.3 is 0 Å². The number of thiocarbonyl (C=S) groups is 1. The van der Waals surface area contributed by atoms with Crippen LogP contribution in [-0.4, -0.2) is 18.2 Å². The Hall–Kier alpha value is -2.58. The molecular weight excluding hydrogens is 364 g/mol. The minimum atomic E-state index is 0.118. The van der Waals surface area contributed by atoms with Gasteiger partial charge in [-0.25, -0.2) is 0 Å². The van der Waals surface area contributed by atoms with Crippen LogP contribution in [-0.2, 0) is 6.42 Å². The summed E-state index contributed by atoms with van der Waals surface area (Å²) in [7, 11) is 0. The number of nitrogens with zero attached hydrogens (tertiary/aromatic N) is 2. The first-order chi connectivity index (χ1) is 13.5. The molecule has 2 atom stereocenters. The maximum Gasteiger partial charge on any atom is 0.171 e. The third-order valence-electron chi connectivity index (χ3n) is 5.26. The molecule has 1 saturated heterocycles. The Kier molecular flexibility index (Phi) is 6.89. The summed E-state index contributed by atoms with van der Waals surface area (Å²) in [5.41, 5.74) is 4.44. The smallest absolute Gasteiger partial charge is 0.171 e. The fourth-order valence-electron chi connectivity index (χ4n) is 3.64. The number of hydrogen-bond donors (Lipinski definition) is 2. The molecule has 0 aliphatic carbocycles. The van der Waals surface area contributed by atoms with Crippen LogP contribution in [0.2, 0.25) is 0 Å². The lowest BCUT2D eigenvalue weighted by Crippen LogP contribution is -2.34. The van der Waals surface area contributed by atoms with E-state index in [1.54, 1.807) is 0 Å². The number of hydrogen-bond acceptors (Lipinski definition) is 3. The summed E-state index contributed by atoms with van der Waals surface area (Å²) in [6.07, 6.45) is 3.03. The minimum Gasteiger partial charge on any atom is -0.371 e. The van der Waals surface area contributed by atoms with Crippen molar-refractivity contribution in [1.82, 2.24) is 5.32 Å². The summed E-state index contributed by atoms with van der Waals surface area (Å²) >= 11 is 5.45. The molecule has 3 rings (SSSR count). The van der Waals surface area contributed by atoms with Gasteiger partial charge in [0.15, 0.2) is 5.11 Å². The summed E-state index contributed by atoms with van der Waals surface area (Å²) in [5.74, 6) is 0.770. The Morgan fingerprint density at radius 1 is 1.21 bits per heavy atom. The molecule has 1 fully saturated rings. The van der Waals surface area contributed by atoms with Crippen molar-refractivity contribution in [2.45, 2.75) is 39.2 Å². The van der Waals surface area contributed by atoms with E-state index in [4.69, 9.17) is 17.5 Å². The van der Waals surface area contributed by atoms with Crippen molar-refractivity contribution in [1.29, 1.82) is 5.26 Å². The van der Waals surface area contributed by atoms with Crippen molar-refractivity contribution < 1.29 is 0 Å². The Bertz CT molecular complexity index is 823. The number of piperidine rings is 1. The summed E-state index contributed by atoms with van der Waals surface area (Å²) in [4.78, 5) is 2.48. The van der Waals surface area contributed by atoms with Gasteiger partial charge in [0.1, 0.15) is 0 Å². The Morgan fingerprint density at radius 3 is 2.57 bits per heavy atom. The van der Waals surface area contributed by atoms with Gasteiger partial charge in [0.25, 0.3) is 0 Å². The van der Waals surface area contributed by atoms with Gasteiger partial charge < -0.3 is 15.5 Å². The molecule has 1 aliphatic rings. The molecule has 0 radical (unpaired) electrons. The van der Waals surface area contributed by atoms with Crippen LogP contribution in [0.5, 0.6) is 0 Å². The van der Waals surface area contributed by atoms with Gasteiger partial charge in [0.05, 0.1) is 18.5 Å². The maximum atomic E-state index is 8.75. The highest BCUT2D eigenvalue weighted by Crippen LogP contribution is 2.24. The SMILES string of the molecule is C[C@@H]1CCCN(c2ccc([C@@H](C)NC(=S)Nc3ccc(CC#N)cc3)cc2)C1. The number of anilines is 2. The molecule has 28 heavy (non-hydrogen) atoms. The highest BCUT2D eigenvalue weighted by Gasteiger charge is 2.17. The number of nitriles is 1. The molecular formula is C23H28N4S. The fraction of sp³-hybridized carbons (Fsp3) is 0.391. The third kappa shape index (κ3) is 5.46. The van der Waals surface area contributed by atoms with Gasteiger partial charge in [-0.3, -0.25) is 0 Å². The average molecular weight is 393 g/mol. The van der Waals surface area contributed by atoms with Crippen molar-refractivity contribution >= 4 is 28.7 Å². The zero-order chi connectivity index (χ0) is 19.9. The van der Waals surface area contributed by atoms with E-state index in [0.717, 1.165) is 30.3 Å². The first kappa shape index (κ1) is 20.2. The van der Waals surface area contributed by atoms with Gasteiger partial charge in [-0.1, -0.05) is 31.2 Å². The van der Waals surface area contributed by atoms with Crippen LogP contribution in [0.3, 0.4) is 0 Å².